The van der Waals surface area contributed by atoms with E-state index >= 15 is 0 Å². The van der Waals surface area contributed by atoms with Gasteiger partial charge in [-0.15, -0.1) is 20.4 Å². The van der Waals surface area contributed by atoms with Crippen molar-refractivity contribution >= 4 is 41.2 Å². The van der Waals surface area contributed by atoms with Crippen molar-refractivity contribution in [3.8, 4) is 0 Å². The Morgan fingerprint density at radius 3 is 2.00 bits per heavy atom. The minimum Gasteiger partial charge on any atom is -0.382 e. The second-order valence-corrected chi connectivity index (χ2v) is 4.48. The van der Waals surface area contributed by atoms with Crippen LogP contribution < -0.4 is 5.73 Å². The Bertz CT molecular complexity index is 519. The fourth-order valence-corrected chi connectivity index (χ4v) is 1.08. The molecule has 0 unspecified atom stereocenters. The molecule has 0 bridgehead atoms. The van der Waals surface area contributed by atoms with Crippen molar-refractivity contribution in [3.63, 3.8) is 0 Å². The maximum atomic E-state index is 5.54. The SMILES string of the molecule is CN(C)C=Nc1ccc(Cl)nn1.Nc1ccc(Cl)nn1. The van der Waals surface area contributed by atoms with Gasteiger partial charge in [0.05, 0.1) is 6.34 Å². The van der Waals surface area contributed by atoms with Gasteiger partial charge in [0.25, 0.3) is 0 Å². The molecule has 0 radical (unpaired) electrons. The summed E-state index contributed by atoms with van der Waals surface area (Å²) in [4.78, 5) is 5.83. The summed E-state index contributed by atoms with van der Waals surface area (Å²) in [6, 6.07) is 6.53. The van der Waals surface area contributed by atoms with Crippen LogP contribution in [0.4, 0.5) is 11.6 Å². The van der Waals surface area contributed by atoms with Crippen LogP contribution in [-0.4, -0.2) is 45.7 Å². The lowest BCUT2D eigenvalue weighted by molar-refractivity contribution is 0.642. The topological polar surface area (TPSA) is 93.2 Å². The smallest absolute Gasteiger partial charge is 0.175 e. The monoisotopic (exact) mass is 313 g/mol. The predicted octanol–water partition coefficient (Wildman–Crippen LogP) is 2.06. The molecule has 2 heterocycles. The van der Waals surface area contributed by atoms with Crippen LogP contribution in [0.25, 0.3) is 0 Å². The van der Waals surface area contributed by atoms with Crippen LogP contribution in [0.1, 0.15) is 0 Å². The molecular weight excluding hydrogens is 301 g/mol. The van der Waals surface area contributed by atoms with Gasteiger partial charge in [-0.25, -0.2) is 4.99 Å². The van der Waals surface area contributed by atoms with Crippen molar-refractivity contribution < 1.29 is 0 Å². The number of aliphatic imine (C=N–C) groups is 1. The number of anilines is 1. The first-order valence-electron chi connectivity index (χ1n) is 5.42. The molecule has 0 aliphatic heterocycles. The van der Waals surface area contributed by atoms with E-state index in [0.717, 1.165) is 0 Å². The molecule has 20 heavy (non-hydrogen) atoms. The quantitative estimate of drug-likeness (QED) is 0.673. The van der Waals surface area contributed by atoms with Crippen molar-refractivity contribution in [1.29, 1.82) is 0 Å². The minimum absolute atomic E-state index is 0.360. The number of nitrogens with zero attached hydrogens (tertiary/aromatic N) is 6. The molecule has 0 aliphatic rings. The number of aromatic nitrogens is 4. The van der Waals surface area contributed by atoms with Gasteiger partial charge in [0, 0.05) is 14.1 Å². The average molecular weight is 314 g/mol. The Hall–Kier alpha value is -1.99. The Balaban J connectivity index is 0.000000217. The van der Waals surface area contributed by atoms with Gasteiger partial charge in [0.1, 0.15) is 5.82 Å². The van der Waals surface area contributed by atoms with Crippen LogP contribution in [0.15, 0.2) is 29.3 Å². The van der Waals surface area contributed by atoms with Crippen molar-refractivity contribution in [2.45, 2.75) is 0 Å². The van der Waals surface area contributed by atoms with E-state index in [0.29, 0.717) is 21.9 Å². The Morgan fingerprint density at radius 2 is 1.60 bits per heavy atom. The van der Waals surface area contributed by atoms with Crippen molar-refractivity contribution in [2.75, 3.05) is 19.8 Å². The van der Waals surface area contributed by atoms with Crippen molar-refractivity contribution in [2.24, 2.45) is 4.99 Å². The second-order valence-electron chi connectivity index (χ2n) is 3.70. The van der Waals surface area contributed by atoms with E-state index in [1.165, 1.54) is 0 Å². The first-order chi connectivity index (χ1) is 9.47. The zero-order chi connectivity index (χ0) is 15.0. The van der Waals surface area contributed by atoms with Gasteiger partial charge >= 0.3 is 0 Å². The molecule has 2 aromatic rings. The highest BCUT2D eigenvalue weighted by Gasteiger charge is 1.91. The summed E-state index contributed by atoms with van der Waals surface area (Å²) in [5.41, 5.74) is 5.19. The maximum Gasteiger partial charge on any atom is 0.175 e. The fraction of sp³-hybridized carbons (Fsp3) is 0.182. The number of hydrogen-bond acceptors (Lipinski definition) is 6. The summed E-state index contributed by atoms with van der Waals surface area (Å²) in [6.07, 6.45) is 1.65. The van der Waals surface area contributed by atoms with E-state index in [-0.39, 0.29) is 0 Å². The van der Waals surface area contributed by atoms with E-state index in [2.05, 4.69) is 25.4 Å². The zero-order valence-corrected chi connectivity index (χ0v) is 12.4. The van der Waals surface area contributed by atoms with Gasteiger partial charge < -0.3 is 10.6 Å². The molecule has 2 aromatic heterocycles. The summed E-state index contributed by atoms with van der Waals surface area (Å²) in [7, 11) is 3.76. The Morgan fingerprint density at radius 1 is 1.00 bits per heavy atom. The van der Waals surface area contributed by atoms with E-state index in [9.17, 15) is 0 Å². The summed E-state index contributed by atoms with van der Waals surface area (Å²) in [5.74, 6) is 0.933. The third-order valence-electron chi connectivity index (χ3n) is 1.69. The highest BCUT2D eigenvalue weighted by Crippen LogP contribution is 2.08. The lowest BCUT2D eigenvalue weighted by Crippen LogP contribution is -2.07. The van der Waals surface area contributed by atoms with Crippen LogP contribution in [0.3, 0.4) is 0 Å². The van der Waals surface area contributed by atoms with Gasteiger partial charge in [-0.05, 0) is 24.3 Å². The molecule has 0 saturated heterocycles. The fourth-order valence-electron chi connectivity index (χ4n) is 0.879. The van der Waals surface area contributed by atoms with E-state index in [4.69, 9.17) is 28.9 Å². The van der Waals surface area contributed by atoms with Gasteiger partial charge in [-0.2, -0.15) is 0 Å². The molecule has 0 fully saturated rings. The van der Waals surface area contributed by atoms with Crippen LogP contribution in [0.2, 0.25) is 10.3 Å². The predicted molar refractivity (Wildman–Crippen MR) is 80.3 cm³/mol. The first-order valence-corrected chi connectivity index (χ1v) is 6.17. The highest BCUT2D eigenvalue weighted by molar-refractivity contribution is 6.29. The maximum absolute atomic E-state index is 5.54. The second kappa shape index (κ2) is 8.23. The van der Waals surface area contributed by atoms with E-state index < -0.39 is 0 Å². The van der Waals surface area contributed by atoms with E-state index in [1.807, 2.05) is 19.0 Å². The molecule has 9 heteroatoms. The van der Waals surface area contributed by atoms with Crippen molar-refractivity contribution in [3.05, 3.63) is 34.6 Å². The van der Waals surface area contributed by atoms with Gasteiger partial charge in [-0.3, -0.25) is 0 Å². The van der Waals surface area contributed by atoms with Crippen LogP contribution in [-0.2, 0) is 0 Å². The summed E-state index contributed by atoms with van der Waals surface area (Å²) < 4.78 is 0. The molecular formula is C11H13Cl2N7. The zero-order valence-electron chi connectivity index (χ0n) is 10.9. The third-order valence-corrected chi connectivity index (χ3v) is 2.09. The normalized spacial score (nSPS) is 10.0. The highest BCUT2D eigenvalue weighted by atomic mass is 35.5. The molecule has 2 N–H and O–H groups in total. The summed E-state index contributed by atoms with van der Waals surface area (Å²) in [5, 5.41) is 15.1. The molecule has 106 valence electrons. The average Bonchev–Trinajstić information content (AvgIpc) is 2.42. The minimum atomic E-state index is 0.360. The molecule has 0 atom stereocenters. The number of rotatable bonds is 2. The van der Waals surface area contributed by atoms with Crippen LogP contribution in [0.5, 0.6) is 0 Å². The molecule has 0 amide bonds. The molecule has 0 saturated carbocycles. The molecule has 7 nitrogen and oxygen atoms in total. The van der Waals surface area contributed by atoms with Crippen LogP contribution >= 0.6 is 23.2 Å². The largest absolute Gasteiger partial charge is 0.382 e. The summed E-state index contributed by atoms with van der Waals surface area (Å²) in [6.45, 7) is 0. The van der Waals surface area contributed by atoms with Crippen LogP contribution in [0, 0.1) is 0 Å². The first kappa shape index (κ1) is 16.1. The number of halogens is 2. The van der Waals surface area contributed by atoms with Gasteiger partial charge in [0.2, 0.25) is 0 Å². The standard InChI is InChI=1S/C7H9ClN4.C4H4ClN3/c1-12(2)5-9-7-4-3-6(8)10-11-7;5-3-1-2-4(6)8-7-3/h3-5H,1-2H3;1-2H,(H2,6,8). The Labute approximate surface area is 126 Å². The van der Waals surface area contributed by atoms with E-state index in [1.54, 1.807) is 30.6 Å². The number of nitrogens with two attached hydrogens (primary N) is 1. The third kappa shape index (κ3) is 6.81. The van der Waals surface area contributed by atoms with Gasteiger partial charge in [-0.1, -0.05) is 23.2 Å². The number of hydrogen-bond donors (Lipinski definition) is 1. The molecule has 0 spiro atoms. The Kier molecular flexibility index (Phi) is 6.61. The molecule has 2 rings (SSSR count). The van der Waals surface area contributed by atoms with Gasteiger partial charge in [0.15, 0.2) is 16.1 Å². The molecule has 0 aliphatic carbocycles. The number of nitrogen functional groups attached to an aromatic ring is 1. The lowest BCUT2D eigenvalue weighted by atomic mass is 10.5. The lowest BCUT2D eigenvalue weighted by Gasteiger charge is -2.00. The summed E-state index contributed by atoms with van der Waals surface area (Å²) >= 11 is 10.9. The van der Waals surface area contributed by atoms with Crippen molar-refractivity contribution in [1.82, 2.24) is 25.3 Å². The molecule has 0 aromatic carbocycles.